The number of anilines is 1. The van der Waals surface area contributed by atoms with Crippen LogP contribution in [0.15, 0.2) is 12.3 Å². The van der Waals surface area contributed by atoms with Gasteiger partial charge in [0.25, 0.3) is 0 Å². The van der Waals surface area contributed by atoms with Crippen molar-refractivity contribution in [2.45, 2.75) is 51.7 Å². The van der Waals surface area contributed by atoms with E-state index in [0.29, 0.717) is 25.1 Å². The van der Waals surface area contributed by atoms with Crippen molar-refractivity contribution in [3.8, 4) is 0 Å². The number of hydrogen-bond donors (Lipinski definition) is 0. The smallest absolute Gasteiger partial charge is 0.351 e. The normalized spacial score (nSPS) is 17.2. The monoisotopic (exact) mass is 348 g/mol. The molecule has 132 valence electrons. The molecule has 0 fully saturated rings. The number of nitrogens with zero attached hydrogens (tertiary/aromatic N) is 4. The quantitative estimate of drug-likeness (QED) is 0.789. The zero-order chi connectivity index (χ0) is 17.6. The summed E-state index contributed by atoms with van der Waals surface area (Å²) in [6.07, 6.45) is 1.33. The maximum Gasteiger partial charge on any atom is 0.417 e. The SMILES string of the molecule is Cc1nc2c(c(N3CCc4ncc(C(F)(F)F)cc4C3)n1)CCCC2. The number of alkyl halides is 3. The van der Waals surface area contributed by atoms with Gasteiger partial charge in [-0.2, -0.15) is 13.2 Å². The average Bonchev–Trinajstić information content (AvgIpc) is 2.59. The van der Waals surface area contributed by atoms with Gasteiger partial charge in [-0.1, -0.05) is 0 Å². The van der Waals surface area contributed by atoms with Crippen LogP contribution in [0.5, 0.6) is 0 Å². The lowest BCUT2D eigenvalue weighted by atomic mass is 9.95. The van der Waals surface area contributed by atoms with Gasteiger partial charge in [-0.05, 0) is 44.2 Å². The predicted octanol–water partition coefficient (Wildman–Crippen LogP) is 3.64. The first-order valence-electron chi connectivity index (χ1n) is 8.58. The number of aromatic nitrogens is 3. The summed E-state index contributed by atoms with van der Waals surface area (Å²) in [5.41, 5.74) is 2.97. The first-order chi connectivity index (χ1) is 11.9. The van der Waals surface area contributed by atoms with E-state index in [9.17, 15) is 13.2 Å². The van der Waals surface area contributed by atoms with E-state index in [1.165, 1.54) is 11.6 Å². The number of rotatable bonds is 1. The summed E-state index contributed by atoms with van der Waals surface area (Å²) >= 11 is 0. The Kier molecular flexibility index (Phi) is 3.89. The lowest BCUT2D eigenvalue weighted by Gasteiger charge is -2.32. The Morgan fingerprint density at radius 3 is 2.64 bits per heavy atom. The molecule has 1 aliphatic heterocycles. The van der Waals surface area contributed by atoms with Gasteiger partial charge < -0.3 is 4.90 Å². The van der Waals surface area contributed by atoms with E-state index < -0.39 is 11.7 Å². The maximum atomic E-state index is 13.0. The van der Waals surface area contributed by atoms with E-state index in [1.807, 2.05) is 6.92 Å². The summed E-state index contributed by atoms with van der Waals surface area (Å²) in [6.45, 7) is 3.00. The minimum Gasteiger partial charge on any atom is -0.351 e. The highest BCUT2D eigenvalue weighted by Crippen LogP contribution is 2.34. The van der Waals surface area contributed by atoms with Crippen molar-refractivity contribution >= 4 is 5.82 Å². The highest BCUT2D eigenvalue weighted by atomic mass is 19.4. The molecule has 0 atom stereocenters. The van der Waals surface area contributed by atoms with E-state index in [-0.39, 0.29) is 0 Å². The number of fused-ring (bicyclic) bond motifs is 2. The molecule has 4 rings (SSSR count). The van der Waals surface area contributed by atoms with Crippen LogP contribution in [0.3, 0.4) is 0 Å². The lowest BCUT2D eigenvalue weighted by molar-refractivity contribution is -0.137. The number of aryl methyl sites for hydroxylation is 2. The first kappa shape index (κ1) is 16.3. The molecule has 25 heavy (non-hydrogen) atoms. The third-order valence-corrected chi connectivity index (χ3v) is 4.94. The van der Waals surface area contributed by atoms with Crippen LogP contribution in [-0.2, 0) is 32.0 Å². The van der Waals surface area contributed by atoms with E-state index in [0.717, 1.165) is 54.9 Å². The van der Waals surface area contributed by atoms with Crippen LogP contribution in [0.25, 0.3) is 0 Å². The van der Waals surface area contributed by atoms with Crippen LogP contribution in [0.4, 0.5) is 19.0 Å². The van der Waals surface area contributed by atoms with Crippen molar-refractivity contribution in [2.24, 2.45) is 0 Å². The minimum absolute atomic E-state index is 0.412. The summed E-state index contributed by atoms with van der Waals surface area (Å²) in [6, 6.07) is 1.23. The first-order valence-corrected chi connectivity index (χ1v) is 8.58. The van der Waals surface area contributed by atoms with Crippen LogP contribution < -0.4 is 4.90 Å². The summed E-state index contributed by atoms with van der Waals surface area (Å²) in [5.74, 6) is 1.62. The molecule has 0 spiro atoms. The van der Waals surface area contributed by atoms with Gasteiger partial charge in [-0.25, -0.2) is 9.97 Å². The Labute approximate surface area is 144 Å². The highest BCUT2D eigenvalue weighted by molar-refractivity contribution is 5.52. The van der Waals surface area contributed by atoms with Gasteiger partial charge in [0.2, 0.25) is 0 Å². The molecule has 0 unspecified atom stereocenters. The van der Waals surface area contributed by atoms with Gasteiger partial charge in [0.15, 0.2) is 0 Å². The van der Waals surface area contributed by atoms with E-state index >= 15 is 0 Å². The van der Waals surface area contributed by atoms with Crippen molar-refractivity contribution < 1.29 is 13.2 Å². The van der Waals surface area contributed by atoms with Gasteiger partial charge >= 0.3 is 6.18 Å². The van der Waals surface area contributed by atoms with Crippen LogP contribution >= 0.6 is 0 Å². The molecule has 4 nitrogen and oxygen atoms in total. The molecular formula is C18H19F3N4. The molecule has 0 aromatic carbocycles. The Bertz CT molecular complexity index is 817. The Morgan fingerprint density at radius 1 is 1.04 bits per heavy atom. The summed E-state index contributed by atoms with van der Waals surface area (Å²) in [5, 5.41) is 0. The van der Waals surface area contributed by atoms with Gasteiger partial charge in [-0.15, -0.1) is 0 Å². The Hall–Kier alpha value is -2.18. The number of pyridine rings is 1. The minimum atomic E-state index is -4.37. The molecule has 1 aliphatic carbocycles. The van der Waals surface area contributed by atoms with Crippen LogP contribution in [0.2, 0.25) is 0 Å². The molecule has 3 heterocycles. The van der Waals surface area contributed by atoms with Gasteiger partial charge in [0, 0.05) is 42.7 Å². The molecule has 0 radical (unpaired) electrons. The standard InChI is InChI=1S/C18H19F3N4/c1-11-23-16-5-3-2-4-14(16)17(24-11)25-7-6-15-12(10-25)8-13(9-22-15)18(19,20)21/h8-9H,2-7,10H2,1H3. The van der Waals surface area contributed by atoms with Gasteiger partial charge in [0.05, 0.1) is 5.56 Å². The molecular weight excluding hydrogens is 329 g/mol. The molecule has 0 saturated heterocycles. The second-order valence-electron chi connectivity index (χ2n) is 6.73. The van der Waals surface area contributed by atoms with E-state index in [2.05, 4.69) is 19.9 Å². The average molecular weight is 348 g/mol. The summed E-state index contributed by atoms with van der Waals surface area (Å²) in [7, 11) is 0. The fourth-order valence-corrected chi connectivity index (χ4v) is 3.72. The second-order valence-corrected chi connectivity index (χ2v) is 6.73. The van der Waals surface area contributed by atoms with Crippen molar-refractivity contribution in [1.82, 2.24) is 15.0 Å². The maximum absolute atomic E-state index is 13.0. The third kappa shape index (κ3) is 3.07. The summed E-state index contributed by atoms with van der Waals surface area (Å²) in [4.78, 5) is 15.3. The Morgan fingerprint density at radius 2 is 1.84 bits per heavy atom. The lowest BCUT2D eigenvalue weighted by Crippen LogP contribution is -2.33. The third-order valence-electron chi connectivity index (χ3n) is 4.94. The number of halogens is 3. The largest absolute Gasteiger partial charge is 0.417 e. The van der Waals surface area contributed by atoms with Crippen molar-refractivity contribution in [1.29, 1.82) is 0 Å². The second kappa shape index (κ2) is 5.97. The molecule has 0 saturated carbocycles. The molecule has 0 bridgehead atoms. The molecule has 7 heteroatoms. The van der Waals surface area contributed by atoms with Crippen LogP contribution in [-0.4, -0.2) is 21.5 Å². The molecule has 2 aromatic heterocycles. The van der Waals surface area contributed by atoms with Crippen molar-refractivity contribution in [3.05, 3.63) is 46.2 Å². The zero-order valence-corrected chi connectivity index (χ0v) is 14.0. The number of hydrogen-bond acceptors (Lipinski definition) is 4. The topological polar surface area (TPSA) is 41.9 Å². The summed E-state index contributed by atoms with van der Waals surface area (Å²) < 4.78 is 38.9. The van der Waals surface area contributed by atoms with E-state index in [4.69, 9.17) is 0 Å². The van der Waals surface area contributed by atoms with E-state index in [1.54, 1.807) is 0 Å². The molecule has 2 aromatic rings. The van der Waals surface area contributed by atoms with Gasteiger partial charge in [0.1, 0.15) is 11.6 Å². The predicted molar refractivity (Wildman–Crippen MR) is 87.4 cm³/mol. The molecule has 0 N–H and O–H groups in total. The highest BCUT2D eigenvalue weighted by Gasteiger charge is 2.33. The zero-order valence-electron chi connectivity index (χ0n) is 14.0. The van der Waals surface area contributed by atoms with Gasteiger partial charge in [-0.3, -0.25) is 4.98 Å². The Balaban J connectivity index is 1.70. The fourth-order valence-electron chi connectivity index (χ4n) is 3.72. The van der Waals surface area contributed by atoms with Crippen molar-refractivity contribution in [2.75, 3.05) is 11.4 Å². The van der Waals surface area contributed by atoms with Crippen molar-refractivity contribution in [3.63, 3.8) is 0 Å². The molecule has 2 aliphatic rings. The molecule has 0 amide bonds. The van der Waals surface area contributed by atoms with Crippen LogP contribution in [0.1, 0.15) is 46.7 Å². The van der Waals surface area contributed by atoms with Crippen LogP contribution in [0, 0.1) is 6.92 Å². The fraction of sp³-hybridized carbons (Fsp3) is 0.500.